The largest absolute Gasteiger partial charge is 0.351 e. The first kappa shape index (κ1) is 27.2. The second-order valence-electron chi connectivity index (χ2n) is 9.94. The van der Waals surface area contributed by atoms with E-state index in [1.165, 1.54) is 0 Å². The molecule has 0 unspecified atom stereocenters. The molecule has 1 aliphatic rings. The summed E-state index contributed by atoms with van der Waals surface area (Å²) >= 11 is 18.7. The molecule has 2 aromatic heterocycles. The van der Waals surface area contributed by atoms with Crippen molar-refractivity contribution in [3.63, 3.8) is 0 Å². The van der Waals surface area contributed by atoms with Crippen LogP contribution in [0.5, 0.6) is 0 Å². The summed E-state index contributed by atoms with van der Waals surface area (Å²) in [6.45, 7) is 7.89. The maximum Gasteiger partial charge on any atom is 0.226 e. The SMILES string of the molecule is Cc1cc([C@H]2[C@H](c3ccccn3)NC(=S)N2c2ccc(NC(=O)C(C)C)c(Cl)c2)c(C)n1-c1ccc(Cl)cc1. The number of halogens is 2. The third-order valence-electron chi connectivity index (χ3n) is 6.98. The molecule has 1 aliphatic heterocycles. The predicted octanol–water partition coefficient (Wildman–Crippen LogP) is 7.57. The number of hydrogen-bond donors (Lipinski definition) is 2. The van der Waals surface area contributed by atoms with Gasteiger partial charge in [-0.2, -0.15) is 0 Å². The molecule has 6 nitrogen and oxygen atoms in total. The molecule has 39 heavy (non-hydrogen) atoms. The Bertz CT molecular complexity index is 1540. The van der Waals surface area contributed by atoms with Crippen LogP contribution in [0.2, 0.25) is 10.0 Å². The minimum atomic E-state index is -0.202. The second kappa shape index (κ2) is 11.0. The lowest BCUT2D eigenvalue weighted by atomic mass is 9.96. The van der Waals surface area contributed by atoms with Gasteiger partial charge in [-0.05, 0) is 92.3 Å². The molecule has 9 heteroatoms. The van der Waals surface area contributed by atoms with Crippen LogP contribution in [-0.2, 0) is 4.79 Å². The van der Waals surface area contributed by atoms with Gasteiger partial charge in [-0.15, -0.1) is 0 Å². The van der Waals surface area contributed by atoms with Gasteiger partial charge in [0.25, 0.3) is 0 Å². The number of carbonyl (C=O) groups is 1. The molecule has 0 radical (unpaired) electrons. The fourth-order valence-electron chi connectivity index (χ4n) is 5.06. The highest BCUT2D eigenvalue weighted by Crippen LogP contribution is 2.44. The van der Waals surface area contributed by atoms with Crippen LogP contribution < -0.4 is 15.5 Å². The van der Waals surface area contributed by atoms with Crippen molar-refractivity contribution in [1.82, 2.24) is 14.9 Å². The summed E-state index contributed by atoms with van der Waals surface area (Å²) in [6, 6.07) is 21.1. The van der Waals surface area contributed by atoms with Gasteiger partial charge in [0.15, 0.2) is 5.11 Å². The van der Waals surface area contributed by atoms with Gasteiger partial charge in [0.1, 0.15) is 0 Å². The predicted molar refractivity (Wildman–Crippen MR) is 163 cm³/mol. The number of thiocarbonyl (C=S) groups is 1. The molecule has 1 fully saturated rings. The Balaban J connectivity index is 1.61. The topological polar surface area (TPSA) is 62.2 Å². The molecular weight excluding hydrogens is 549 g/mol. The van der Waals surface area contributed by atoms with Gasteiger partial charge in [-0.1, -0.05) is 43.1 Å². The third-order valence-corrected chi connectivity index (χ3v) is 7.86. The number of carbonyl (C=O) groups excluding carboxylic acids is 1. The molecule has 2 aromatic carbocycles. The molecular formula is C30H29Cl2N5OS. The van der Waals surface area contributed by atoms with E-state index >= 15 is 0 Å². The molecule has 0 spiro atoms. The average Bonchev–Trinajstić information content (AvgIpc) is 3.41. The van der Waals surface area contributed by atoms with Gasteiger partial charge in [0.2, 0.25) is 5.91 Å². The maximum atomic E-state index is 12.3. The lowest BCUT2D eigenvalue weighted by Crippen LogP contribution is -2.29. The number of rotatable bonds is 6. The zero-order chi connectivity index (χ0) is 27.8. The first-order valence-corrected chi connectivity index (χ1v) is 13.9. The molecule has 4 aromatic rings. The maximum absolute atomic E-state index is 12.3. The number of aromatic nitrogens is 2. The van der Waals surface area contributed by atoms with Crippen molar-refractivity contribution in [2.24, 2.45) is 5.92 Å². The van der Waals surface area contributed by atoms with Crippen LogP contribution in [0, 0.1) is 19.8 Å². The van der Waals surface area contributed by atoms with Crippen molar-refractivity contribution in [3.8, 4) is 5.69 Å². The zero-order valence-electron chi connectivity index (χ0n) is 22.1. The monoisotopic (exact) mass is 577 g/mol. The number of pyridine rings is 1. The second-order valence-corrected chi connectivity index (χ2v) is 11.2. The van der Waals surface area contributed by atoms with Crippen molar-refractivity contribution in [1.29, 1.82) is 0 Å². The van der Waals surface area contributed by atoms with E-state index in [2.05, 4.69) is 45.0 Å². The Morgan fingerprint density at radius 3 is 2.38 bits per heavy atom. The van der Waals surface area contributed by atoms with Gasteiger partial charge in [0, 0.05) is 39.9 Å². The van der Waals surface area contributed by atoms with Gasteiger partial charge in [-0.3, -0.25) is 9.78 Å². The minimum Gasteiger partial charge on any atom is -0.351 e. The average molecular weight is 579 g/mol. The molecule has 2 N–H and O–H groups in total. The number of anilines is 2. The standard InChI is InChI=1S/C30H29Cl2N5OS/c1-17(2)29(38)34-25-13-12-22(16-24(25)32)37-28(27(35-30(37)39)26-7-5-6-14-33-26)23-15-18(3)36(19(23)4)21-10-8-20(31)9-11-21/h5-17,27-28H,1-4H3,(H,34,38)(H,35,39)/t27-,28-/m0/s1. The van der Waals surface area contributed by atoms with Crippen LogP contribution in [0.15, 0.2) is 72.9 Å². The van der Waals surface area contributed by atoms with E-state index in [1.807, 2.05) is 74.5 Å². The van der Waals surface area contributed by atoms with Crippen LogP contribution in [-0.4, -0.2) is 20.6 Å². The lowest BCUT2D eigenvalue weighted by molar-refractivity contribution is -0.118. The van der Waals surface area contributed by atoms with E-state index < -0.39 is 0 Å². The van der Waals surface area contributed by atoms with E-state index in [-0.39, 0.29) is 23.9 Å². The van der Waals surface area contributed by atoms with Crippen molar-refractivity contribution in [2.45, 2.75) is 39.8 Å². The molecule has 3 heterocycles. The minimum absolute atomic E-state index is 0.0919. The number of benzene rings is 2. The van der Waals surface area contributed by atoms with E-state index in [0.717, 1.165) is 34.0 Å². The molecule has 0 bridgehead atoms. The summed E-state index contributed by atoms with van der Waals surface area (Å²) in [5.41, 5.74) is 6.59. The Morgan fingerprint density at radius 2 is 1.74 bits per heavy atom. The Kier molecular flexibility index (Phi) is 7.67. The Labute approximate surface area is 244 Å². The highest BCUT2D eigenvalue weighted by atomic mass is 35.5. The normalized spacial score (nSPS) is 17.0. The van der Waals surface area contributed by atoms with Crippen LogP contribution in [0.1, 0.15) is 48.6 Å². The number of nitrogens with one attached hydrogen (secondary N) is 2. The fraction of sp³-hybridized carbons (Fsp3) is 0.233. The summed E-state index contributed by atoms with van der Waals surface area (Å²) in [5, 5.41) is 8.11. The highest BCUT2D eigenvalue weighted by molar-refractivity contribution is 7.80. The van der Waals surface area contributed by atoms with Gasteiger partial charge in [0.05, 0.1) is 28.5 Å². The van der Waals surface area contributed by atoms with Gasteiger partial charge >= 0.3 is 0 Å². The molecule has 0 aliphatic carbocycles. The van der Waals surface area contributed by atoms with Crippen molar-refractivity contribution < 1.29 is 4.79 Å². The number of amides is 1. The van der Waals surface area contributed by atoms with Gasteiger partial charge < -0.3 is 20.1 Å². The quantitative estimate of drug-likeness (QED) is 0.231. The smallest absolute Gasteiger partial charge is 0.226 e. The van der Waals surface area contributed by atoms with E-state index in [4.69, 9.17) is 35.4 Å². The Hall–Kier alpha value is -3.39. The molecule has 0 saturated carbocycles. The van der Waals surface area contributed by atoms with E-state index in [9.17, 15) is 4.79 Å². The summed E-state index contributed by atoms with van der Waals surface area (Å²) in [5.74, 6) is -0.249. The van der Waals surface area contributed by atoms with Crippen LogP contribution in [0.3, 0.4) is 0 Å². The van der Waals surface area contributed by atoms with Crippen molar-refractivity contribution >= 4 is 57.8 Å². The molecule has 5 rings (SSSR count). The number of aryl methyl sites for hydroxylation is 1. The Morgan fingerprint density at radius 1 is 1.03 bits per heavy atom. The molecule has 2 atom stereocenters. The van der Waals surface area contributed by atoms with E-state index in [1.54, 1.807) is 6.20 Å². The number of hydrogen-bond acceptors (Lipinski definition) is 3. The van der Waals surface area contributed by atoms with E-state index in [0.29, 0.717) is 20.8 Å². The zero-order valence-corrected chi connectivity index (χ0v) is 24.4. The third kappa shape index (κ3) is 5.26. The molecule has 1 saturated heterocycles. The lowest BCUT2D eigenvalue weighted by Gasteiger charge is -2.28. The van der Waals surface area contributed by atoms with Crippen LogP contribution >= 0.6 is 35.4 Å². The van der Waals surface area contributed by atoms with Crippen LogP contribution in [0.25, 0.3) is 5.69 Å². The first-order valence-electron chi connectivity index (χ1n) is 12.7. The fourth-order valence-corrected chi connectivity index (χ4v) is 5.75. The molecule has 200 valence electrons. The summed E-state index contributed by atoms with van der Waals surface area (Å²) < 4.78 is 2.22. The van der Waals surface area contributed by atoms with Gasteiger partial charge in [-0.25, -0.2) is 0 Å². The number of nitrogens with zero attached hydrogens (tertiary/aromatic N) is 3. The first-order chi connectivity index (χ1) is 18.7. The summed E-state index contributed by atoms with van der Waals surface area (Å²) in [4.78, 5) is 19.0. The van der Waals surface area contributed by atoms with Crippen LogP contribution in [0.4, 0.5) is 11.4 Å². The highest BCUT2D eigenvalue weighted by Gasteiger charge is 2.42. The van der Waals surface area contributed by atoms with Crippen molar-refractivity contribution in [2.75, 3.05) is 10.2 Å². The van der Waals surface area contributed by atoms with Crippen molar-refractivity contribution in [3.05, 3.63) is 106 Å². The summed E-state index contributed by atoms with van der Waals surface area (Å²) in [7, 11) is 0. The molecule has 1 amide bonds. The summed E-state index contributed by atoms with van der Waals surface area (Å²) in [6.07, 6.45) is 1.79.